The molecule has 1 saturated heterocycles. The first-order valence-corrected chi connectivity index (χ1v) is 6.28. The number of carbonyl (C=O) groups excluding carboxylic acids is 1. The molecule has 0 saturated carbocycles. The summed E-state index contributed by atoms with van der Waals surface area (Å²) < 4.78 is 0. The van der Waals surface area contributed by atoms with Gasteiger partial charge in [-0.2, -0.15) is 5.10 Å². The Morgan fingerprint density at radius 3 is 2.61 bits per heavy atom. The van der Waals surface area contributed by atoms with E-state index in [1.165, 1.54) is 0 Å². The lowest BCUT2D eigenvalue weighted by molar-refractivity contribution is 0.0422. The van der Waals surface area contributed by atoms with Crippen molar-refractivity contribution >= 4 is 5.91 Å². The van der Waals surface area contributed by atoms with Crippen LogP contribution < -0.4 is 5.73 Å². The molecular formula is C12H21N5O. The molecule has 3 N–H and O–H groups in total. The van der Waals surface area contributed by atoms with E-state index in [4.69, 9.17) is 5.73 Å². The lowest BCUT2D eigenvalue weighted by atomic mass is 10.0. The molecule has 0 aliphatic carbocycles. The van der Waals surface area contributed by atoms with Crippen molar-refractivity contribution in [2.45, 2.75) is 19.4 Å². The maximum absolute atomic E-state index is 12.1. The van der Waals surface area contributed by atoms with Crippen LogP contribution in [-0.4, -0.2) is 64.2 Å². The lowest BCUT2D eigenvalue weighted by Gasteiger charge is -2.43. The van der Waals surface area contributed by atoms with Crippen molar-refractivity contribution < 1.29 is 4.79 Å². The van der Waals surface area contributed by atoms with Gasteiger partial charge in [0.15, 0.2) is 0 Å². The van der Waals surface area contributed by atoms with E-state index in [2.05, 4.69) is 28.9 Å². The molecule has 0 unspecified atom stereocenters. The molecule has 1 aliphatic rings. The normalized spacial score (nSPS) is 18.1. The smallest absolute Gasteiger partial charge is 0.271 e. The molecule has 1 amide bonds. The Morgan fingerprint density at radius 2 is 2.11 bits per heavy atom. The first-order chi connectivity index (χ1) is 8.54. The zero-order valence-corrected chi connectivity index (χ0v) is 11.0. The third kappa shape index (κ3) is 2.54. The number of carbonyl (C=O) groups is 1. The number of H-pyrrole nitrogens is 1. The second kappa shape index (κ2) is 5.07. The zero-order valence-electron chi connectivity index (χ0n) is 11.0. The summed E-state index contributed by atoms with van der Waals surface area (Å²) in [6.07, 6.45) is 1.60. The summed E-state index contributed by atoms with van der Waals surface area (Å²) in [4.78, 5) is 16.3. The van der Waals surface area contributed by atoms with Gasteiger partial charge in [-0.1, -0.05) is 0 Å². The molecule has 0 radical (unpaired) electrons. The average Bonchev–Trinajstić information content (AvgIpc) is 2.92. The third-order valence-corrected chi connectivity index (χ3v) is 3.65. The number of nitrogens with zero attached hydrogens (tertiary/aromatic N) is 3. The molecule has 18 heavy (non-hydrogen) atoms. The molecule has 2 rings (SSSR count). The summed E-state index contributed by atoms with van der Waals surface area (Å²) in [5.74, 6) is 0.0257. The van der Waals surface area contributed by atoms with Crippen LogP contribution in [-0.2, 0) is 0 Å². The van der Waals surface area contributed by atoms with Crippen molar-refractivity contribution in [2.75, 3.05) is 32.7 Å². The highest BCUT2D eigenvalue weighted by Crippen LogP contribution is 2.16. The van der Waals surface area contributed by atoms with Crippen molar-refractivity contribution in [1.82, 2.24) is 20.0 Å². The molecule has 100 valence electrons. The number of amides is 1. The highest BCUT2D eigenvalue weighted by atomic mass is 16.2. The number of aromatic nitrogens is 2. The quantitative estimate of drug-likeness (QED) is 0.786. The van der Waals surface area contributed by atoms with Crippen LogP contribution in [0.2, 0.25) is 0 Å². The Bertz CT molecular complexity index is 393. The van der Waals surface area contributed by atoms with Crippen LogP contribution in [0.25, 0.3) is 0 Å². The maximum atomic E-state index is 12.1. The molecule has 0 spiro atoms. The van der Waals surface area contributed by atoms with Gasteiger partial charge in [0.2, 0.25) is 0 Å². The van der Waals surface area contributed by atoms with E-state index in [1.54, 1.807) is 12.3 Å². The summed E-state index contributed by atoms with van der Waals surface area (Å²) >= 11 is 0. The number of nitrogens with two attached hydrogens (primary N) is 1. The second-order valence-corrected chi connectivity index (χ2v) is 5.27. The monoisotopic (exact) mass is 251 g/mol. The van der Waals surface area contributed by atoms with E-state index in [1.807, 2.05) is 4.90 Å². The van der Waals surface area contributed by atoms with Gasteiger partial charge < -0.3 is 10.6 Å². The predicted octanol–water partition coefficient (Wildman–Crippen LogP) is -0.0952. The van der Waals surface area contributed by atoms with Crippen molar-refractivity contribution in [3.8, 4) is 0 Å². The van der Waals surface area contributed by atoms with E-state index in [9.17, 15) is 4.79 Å². The largest absolute Gasteiger partial charge is 0.335 e. The van der Waals surface area contributed by atoms with E-state index in [0.717, 1.165) is 26.2 Å². The number of hydrogen-bond donors (Lipinski definition) is 2. The molecule has 1 aromatic heterocycles. The van der Waals surface area contributed by atoms with Gasteiger partial charge in [-0.25, -0.2) is 0 Å². The number of hydrogen-bond acceptors (Lipinski definition) is 4. The fourth-order valence-electron chi connectivity index (χ4n) is 2.19. The van der Waals surface area contributed by atoms with Gasteiger partial charge in [0, 0.05) is 44.5 Å². The summed E-state index contributed by atoms with van der Waals surface area (Å²) in [5, 5.41) is 6.52. The van der Waals surface area contributed by atoms with Crippen LogP contribution >= 0.6 is 0 Å². The summed E-state index contributed by atoms with van der Waals surface area (Å²) in [6.45, 7) is 8.11. The molecule has 6 heteroatoms. The Kier molecular flexibility index (Phi) is 3.68. The van der Waals surface area contributed by atoms with Crippen LogP contribution in [0.1, 0.15) is 24.3 Å². The highest BCUT2D eigenvalue weighted by molar-refractivity contribution is 5.92. The summed E-state index contributed by atoms with van der Waals surface area (Å²) in [7, 11) is 0. The van der Waals surface area contributed by atoms with E-state index < -0.39 is 0 Å². The van der Waals surface area contributed by atoms with Gasteiger partial charge in [-0.05, 0) is 19.9 Å². The standard InChI is InChI=1S/C12H21N5O/c1-12(2,9-13)17-7-5-16(6-8-17)11(18)10-3-4-14-15-10/h3-4H,5-9,13H2,1-2H3,(H,14,15). The Labute approximate surface area is 107 Å². The zero-order chi connectivity index (χ0) is 13.2. The van der Waals surface area contributed by atoms with Crippen molar-refractivity contribution in [3.63, 3.8) is 0 Å². The predicted molar refractivity (Wildman–Crippen MR) is 69.2 cm³/mol. The molecule has 0 atom stereocenters. The van der Waals surface area contributed by atoms with Crippen molar-refractivity contribution in [2.24, 2.45) is 5.73 Å². The van der Waals surface area contributed by atoms with Crippen LogP contribution in [0, 0.1) is 0 Å². The van der Waals surface area contributed by atoms with Crippen LogP contribution in [0.15, 0.2) is 12.3 Å². The van der Waals surface area contributed by atoms with Gasteiger partial charge in [0.05, 0.1) is 0 Å². The molecule has 2 heterocycles. The average molecular weight is 251 g/mol. The summed E-state index contributed by atoms with van der Waals surface area (Å²) in [6, 6.07) is 1.71. The fourth-order valence-corrected chi connectivity index (χ4v) is 2.19. The van der Waals surface area contributed by atoms with Crippen LogP contribution in [0.4, 0.5) is 0 Å². The summed E-state index contributed by atoms with van der Waals surface area (Å²) in [5.41, 5.74) is 6.33. The Balaban J connectivity index is 1.93. The second-order valence-electron chi connectivity index (χ2n) is 5.27. The van der Waals surface area contributed by atoms with Gasteiger partial charge in [0.1, 0.15) is 5.69 Å². The van der Waals surface area contributed by atoms with Gasteiger partial charge in [0.25, 0.3) is 5.91 Å². The van der Waals surface area contributed by atoms with E-state index >= 15 is 0 Å². The minimum Gasteiger partial charge on any atom is -0.335 e. The maximum Gasteiger partial charge on any atom is 0.271 e. The third-order valence-electron chi connectivity index (χ3n) is 3.65. The van der Waals surface area contributed by atoms with Crippen molar-refractivity contribution in [3.05, 3.63) is 18.0 Å². The van der Waals surface area contributed by atoms with Crippen LogP contribution in [0.5, 0.6) is 0 Å². The number of aromatic amines is 1. The molecule has 6 nitrogen and oxygen atoms in total. The van der Waals surface area contributed by atoms with Gasteiger partial charge in [-0.3, -0.25) is 14.8 Å². The van der Waals surface area contributed by atoms with E-state index in [0.29, 0.717) is 12.2 Å². The molecule has 1 aromatic rings. The highest BCUT2D eigenvalue weighted by Gasteiger charge is 2.30. The van der Waals surface area contributed by atoms with Gasteiger partial charge >= 0.3 is 0 Å². The fraction of sp³-hybridized carbons (Fsp3) is 0.667. The Hall–Kier alpha value is -1.40. The van der Waals surface area contributed by atoms with Gasteiger partial charge in [-0.15, -0.1) is 0 Å². The van der Waals surface area contributed by atoms with E-state index in [-0.39, 0.29) is 11.4 Å². The first-order valence-electron chi connectivity index (χ1n) is 6.28. The molecule has 1 fully saturated rings. The molecule has 0 bridgehead atoms. The first kappa shape index (κ1) is 13.0. The molecule has 0 aromatic carbocycles. The number of rotatable bonds is 3. The van der Waals surface area contributed by atoms with Crippen molar-refractivity contribution in [1.29, 1.82) is 0 Å². The molecular weight excluding hydrogens is 230 g/mol. The van der Waals surface area contributed by atoms with Crippen LogP contribution in [0.3, 0.4) is 0 Å². The minimum atomic E-state index is 0.00310. The number of piperazine rings is 1. The topological polar surface area (TPSA) is 78.2 Å². The molecule has 1 aliphatic heterocycles. The SMILES string of the molecule is CC(C)(CN)N1CCN(C(=O)c2ccn[nH]2)CC1. The number of nitrogens with one attached hydrogen (secondary N) is 1. The minimum absolute atomic E-state index is 0.00310. The lowest BCUT2D eigenvalue weighted by Crippen LogP contribution is -2.58. The Morgan fingerprint density at radius 1 is 1.44 bits per heavy atom.